The molecule has 3 rings (SSSR count). The van der Waals surface area contributed by atoms with Crippen LogP contribution in [0.3, 0.4) is 0 Å². The Kier molecular flexibility index (Phi) is 5.05. The van der Waals surface area contributed by atoms with Crippen molar-refractivity contribution in [2.75, 3.05) is 0 Å². The Labute approximate surface area is 144 Å². The van der Waals surface area contributed by atoms with Gasteiger partial charge in [0.15, 0.2) is 6.61 Å². The quantitative estimate of drug-likeness (QED) is 0.621. The molecule has 24 heavy (non-hydrogen) atoms. The zero-order valence-corrected chi connectivity index (χ0v) is 14.4. The Balaban J connectivity index is 1.62. The first-order valence-electron chi connectivity index (χ1n) is 7.81. The average Bonchev–Trinajstić information content (AvgIpc) is 3.21. The lowest BCUT2D eigenvalue weighted by atomic mass is 10.1. The number of aromatic nitrogens is 2. The number of nitrogens with zero attached hydrogens (tertiary/aromatic N) is 2. The summed E-state index contributed by atoms with van der Waals surface area (Å²) in [5.74, 6) is 0.341. The molecule has 0 spiro atoms. The Morgan fingerprint density at radius 1 is 1.25 bits per heavy atom. The molecule has 0 aliphatic carbocycles. The van der Waals surface area contributed by atoms with E-state index in [4.69, 9.17) is 9.15 Å². The Hall–Kier alpha value is -2.47. The topological polar surface area (TPSA) is 65.2 Å². The predicted molar refractivity (Wildman–Crippen MR) is 91.9 cm³/mol. The first-order valence-corrected chi connectivity index (χ1v) is 8.63. The fraction of sp³-hybridized carbons (Fsp3) is 0.278. The summed E-state index contributed by atoms with van der Waals surface area (Å²) in [6.07, 6.45) is 2.02. The monoisotopic (exact) mass is 342 g/mol. The van der Waals surface area contributed by atoms with E-state index in [1.807, 2.05) is 43.3 Å². The lowest BCUT2D eigenvalue weighted by Gasteiger charge is -1.99. The van der Waals surface area contributed by atoms with E-state index in [2.05, 4.69) is 17.1 Å². The third kappa shape index (κ3) is 3.71. The van der Waals surface area contributed by atoms with Gasteiger partial charge in [0.2, 0.25) is 5.89 Å². The largest absolute Gasteiger partial charge is 0.451 e. The molecule has 1 aromatic carbocycles. The number of esters is 1. The Morgan fingerprint density at radius 3 is 2.79 bits per heavy atom. The number of benzene rings is 1. The summed E-state index contributed by atoms with van der Waals surface area (Å²) < 4.78 is 10.8. The molecule has 5 nitrogen and oxygen atoms in total. The molecule has 2 aromatic heterocycles. The molecule has 6 heteroatoms. The molecule has 0 bridgehead atoms. The number of carbonyl (C=O) groups excluding carboxylic acids is 1. The predicted octanol–water partition coefficient (Wildman–Crippen LogP) is 4.42. The molecule has 0 unspecified atom stereocenters. The van der Waals surface area contributed by atoms with E-state index in [1.165, 1.54) is 16.9 Å². The third-order valence-electron chi connectivity index (χ3n) is 3.56. The number of rotatable bonds is 6. The molecule has 0 saturated carbocycles. The van der Waals surface area contributed by atoms with Crippen molar-refractivity contribution in [1.29, 1.82) is 0 Å². The molecule has 3 aromatic rings. The van der Waals surface area contributed by atoms with Crippen LogP contribution in [0.25, 0.3) is 11.5 Å². The molecule has 0 atom stereocenters. The zero-order chi connectivity index (χ0) is 16.9. The van der Waals surface area contributed by atoms with Crippen LogP contribution in [0.1, 0.15) is 39.3 Å². The van der Waals surface area contributed by atoms with Gasteiger partial charge in [-0.1, -0.05) is 31.5 Å². The zero-order valence-electron chi connectivity index (χ0n) is 13.6. The molecule has 0 N–H and O–H groups in total. The van der Waals surface area contributed by atoms with Gasteiger partial charge in [-0.15, -0.1) is 21.5 Å². The van der Waals surface area contributed by atoms with Gasteiger partial charge in [0.05, 0.1) is 0 Å². The highest BCUT2D eigenvalue weighted by molar-refractivity contribution is 7.14. The van der Waals surface area contributed by atoms with Crippen molar-refractivity contribution in [3.8, 4) is 11.5 Å². The summed E-state index contributed by atoms with van der Waals surface area (Å²) >= 11 is 1.46. The highest BCUT2D eigenvalue weighted by Crippen LogP contribution is 2.24. The van der Waals surface area contributed by atoms with Gasteiger partial charge < -0.3 is 9.15 Å². The second kappa shape index (κ2) is 7.40. The van der Waals surface area contributed by atoms with E-state index in [0.29, 0.717) is 10.8 Å². The number of aryl methyl sites for hydroxylation is 2. The molecular weight excluding hydrogens is 324 g/mol. The molecule has 124 valence electrons. The van der Waals surface area contributed by atoms with Crippen LogP contribution in [-0.2, 0) is 17.8 Å². The van der Waals surface area contributed by atoms with Gasteiger partial charge in [-0.3, -0.25) is 0 Å². The van der Waals surface area contributed by atoms with Gasteiger partial charge in [0.1, 0.15) is 4.88 Å². The van der Waals surface area contributed by atoms with Crippen LogP contribution in [0, 0.1) is 6.92 Å². The van der Waals surface area contributed by atoms with E-state index in [-0.39, 0.29) is 18.5 Å². The molecule has 0 amide bonds. The van der Waals surface area contributed by atoms with E-state index < -0.39 is 0 Å². The first kappa shape index (κ1) is 16.4. The summed E-state index contributed by atoms with van der Waals surface area (Å²) in [7, 11) is 0. The highest BCUT2D eigenvalue weighted by atomic mass is 32.1. The third-order valence-corrected chi connectivity index (χ3v) is 4.63. The fourth-order valence-electron chi connectivity index (χ4n) is 2.35. The second-order valence-corrected chi connectivity index (χ2v) is 6.64. The lowest BCUT2D eigenvalue weighted by Crippen LogP contribution is -2.03. The standard InChI is InChI=1S/C18H18N2O3S/c1-3-7-14-10-15(24-12(14)2)18(21)22-11-16-19-20-17(23-16)13-8-5-4-6-9-13/h4-6,8-10H,3,7,11H2,1-2H3. The normalized spacial score (nSPS) is 10.8. The van der Waals surface area contributed by atoms with Crippen LogP contribution in [0.5, 0.6) is 0 Å². The minimum Gasteiger partial charge on any atom is -0.451 e. The summed E-state index contributed by atoms with van der Waals surface area (Å²) in [4.78, 5) is 13.9. The van der Waals surface area contributed by atoms with Crippen LogP contribution in [0.2, 0.25) is 0 Å². The van der Waals surface area contributed by atoms with Crippen LogP contribution in [0.15, 0.2) is 40.8 Å². The maximum Gasteiger partial charge on any atom is 0.348 e. The van der Waals surface area contributed by atoms with Crippen LogP contribution >= 0.6 is 11.3 Å². The minimum absolute atomic E-state index is 0.0290. The average molecular weight is 342 g/mol. The van der Waals surface area contributed by atoms with E-state index in [0.717, 1.165) is 23.3 Å². The maximum atomic E-state index is 12.2. The van der Waals surface area contributed by atoms with Crippen molar-refractivity contribution in [2.24, 2.45) is 0 Å². The second-order valence-electron chi connectivity index (χ2n) is 5.39. The van der Waals surface area contributed by atoms with Crippen molar-refractivity contribution in [3.63, 3.8) is 0 Å². The molecule has 0 radical (unpaired) electrons. The van der Waals surface area contributed by atoms with Gasteiger partial charge >= 0.3 is 5.97 Å². The summed E-state index contributed by atoms with van der Waals surface area (Å²) in [6.45, 7) is 4.12. The molecular formula is C18H18N2O3S. The maximum absolute atomic E-state index is 12.2. The molecule has 0 aliphatic rings. The smallest absolute Gasteiger partial charge is 0.348 e. The van der Waals surface area contributed by atoms with Gasteiger partial charge in [0.25, 0.3) is 5.89 Å². The molecule has 0 fully saturated rings. The molecule has 0 aliphatic heterocycles. The number of hydrogen-bond donors (Lipinski definition) is 0. The van der Waals surface area contributed by atoms with E-state index in [1.54, 1.807) is 0 Å². The summed E-state index contributed by atoms with van der Waals surface area (Å²) in [5, 5.41) is 7.89. The number of ether oxygens (including phenoxy) is 1. The van der Waals surface area contributed by atoms with Crippen molar-refractivity contribution in [1.82, 2.24) is 10.2 Å². The summed E-state index contributed by atoms with van der Waals surface area (Å²) in [5.41, 5.74) is 2.04. The Bertz CT molecular complexity index is 824. The van der Waals surface area contributed by atoms with Crippen LogP contribution < -0.4 is 0 Å². The molecule has 2 heterocycles. The number of hydrogen-bond acceptors (Lipinski definition) is 6. The van der Waals surface area contributed by atoms with E-state index >= 15 is 0 Å². The first-order chi connectivity index (χ1) is 11.7. The van der Waals surface area contributed by atoms with Crippen molar-refractivity contribution in [2.45, 2.75) is 33.3 Å². The van der Waals surface area contributed by atoms with Gasteiger partial charge in [0, 0.05) is 10.4 Å². The van der Waals surface area contributed by atoms with Crippen molar-refractivity contribution >= 4 is 17.3 Å². The lowest BCUT2D eigenvalue weighted by molar-refractivity contribution is 0.0444. The fourth-order valence-corrected chi connectivity index (χ4v) is 3.31. The van der Waals surface area contributed by atoms with Crippen LogP contribution in [-0.4, -0.2) is 16.2 Å². The molecule has 0 saturated heterocycles. The Morgan fingerprint density at radius 2 is 2.04 bits per heavy atom. The highest BCUT2D eigenvalue weighted by Gasteiger charge is 2.15. The summed E-state index contributed by atoms with van der Waals surface area (Å²) in [6, 6.07) is 11.4. The van der Waals surface area contributed by atoms with Crippen molar-refractivity contribution < 1.29 is 13.9 Å². The van der Waals surface area contributed by atoms with Gasteiger partial charge in [-0.2, -0.15) is 0 Å². The van der Waals surface area contributed by atoms with E-state index in [9.17, 15) is 4.79 Å². The van der Waals surface area contributed by atoms with Crippen molar-refractivity contribution in [3.05, 3.63) is 57.6 Å². The van der Waals surface area contributed by atoms with Gasteiger partial charge in [-0.05, 0) is 37.1 Å². The SMILES string of the molecule is CCCc1cc(C(=O)OCc2nnc(-c3ccccc3)o2)sc1C. The number of thiophene rings is 1. The van der Waals surface area contributed by atoms with Crippen LogP contribution in [0.4, 0.5) is 0 Å². The minimum atomic E-state index is -0.357. The van der Waals surface area contributed by atoms with Gasteiger partial charge in [-0.25, -0.2) is 4.79 Å². The number of carbonyl (C=O) groups is 1.